The molecule has 106 valence electrons. The number of aromatic nitrogens is 4. The number of fused-ring (bicyclic) bond motifs is 1. The van der Waals surface area contributed by atoms with E-state index in [1.807, 2.05) is 54.6 Å². The van der Waals surface area contributed by atoms with Crippen molar-refractivity contribution >= 4 is 11.0 Å². The topological polar surface area (TPSA) is 64.7 Å². The van der Waals surface area contributed by atoms with Crippen LogP contribution in [-0.4, -0.2) is 20.1 Å². The molecule has 0 N–H and O–H groups in total. The Morgan fingerprint density at radius 2 is 1.59 bits per heavy atom. The second-order valence-corrected chi connectivity index (χ2v) is 4.92. The van der Waals surface area contributed by atoms with E-state index in [-0.39, 0.29) is 0 Å². The van der Waals surface area contributed by atoms with E-state index in [1.165, 1.54) is 0 Å². The fraction of sp³-hybridized carbons (Fsp3) is 0.0588. The van der Waals surface area contributed by atoms with Crippen LogP contribution < -0.4 is 0 Å². The Morgan fingerprint density at radius 3 is 2.45 bits per heavy atom. The van der Waals surface area contributed by atoms with E-state index in [2.05, 4.69) is 20.1 Å². The minimum absolute atomic E-state index is 0.393. The molecule has 0 amide bonds. The first-order valence-electron chi connectivity index (χ1n) is 6.97. The Hall–Kier alpha value is -3.08. The first kappa shape index (κ1) is 12.6. The lowest BCUT2D eigenvalue weighted by Crippen LogP contribution is -1.91. The molecule has 2 aromatic heterocycles. The van der Waals surface area contributed by atoms with Gasteiger partial charge in [0.15, 0.2) is 5.82 Å². The zero-order valence-corrected chi connectivity index (χ0v) is 11.7. The average Bonchev–Trinajstić information content (AvgIpc) is 3.04. The Morgan fingerprint density at radius 1 is 0.818 bits per heavy atom. The van der Waals surface area contributed by atoms with E-state index in [1.54, 1.807) is 6.20 Å². The molecule has 0 radical (unpaired) electrons. The van der Waals surface area contributed by atoms with Gasteiger partial charge in [0.25, 0.3) is 5.89 Å². The molecule has 0 fully saturated rings. The molecule has 0 spiro atoms. The van der Waals surface area contributed by atoms with Crippen molar-refractivity contribution in [2.75, 3.05) is 0 Å². The lowest BCUT2D eigenvalue weighted by Gasteiger charge is -1.97. The molecule has 0 unspecified atom stereocenters. The summed E-state index contributed by atoms with van der Waals surface area (Å²) in [6, 6.07) is 17.7. The van der Waals surface area contributed by atoms with E-state index in [0.717, 1.165) is 16.6 Å². The van der Waals surface area contributed by atoms with Gasteiger partial charge in [-0.15, -0.1) is 0 Å². The minimum atomic E-state index is 0.393. The van der Waals surface area contributed by atoms with Gasteiger partial charge in [-0.25, -0.2) is 4.98 Å². The number of nitrogens with zero attached hydrogens (tertiary/aromatic N) is 4. The second kappa shape index (κ2) is 5.37. The van der Waals surface area contributed by atoms with Gasteiger partial charge in [0.05, 0.1) is 17.2 Å². The Balaban J connectivity index is 1.65. The second-order valence-electron chi connectivity index (χ2n) is 4.92. The third-order valence-electron chi connectivity index (χ3n) is 3.34. The highest BCUT2D eigenvalue weighted by molar-refractivity contribution is 5.75. The van der Waals surface area contributed by atoms with E-state index < -0.39 is 0 Å². The molecule has 0 atom stereocenters. The molecular formula is C17H12N4O. The first-order chi connectivity index (χ1) is 10.9. The zero-order valence-electron chi connectivity index (χ0n) is 11.7. The van der Waals surface area contributed by atoms with Gasteiger partial charge in [-0.05, 0) is 17.7 Å². The minimum Gasteiger partial charge on any atom is -0.332 e. The molecule has 0 aliphatic carbocycles. The summed E-state index contributed by atoms with van der Waals surface area (Å²) in [5.74, 6) is 1.03. The van der Waals surface area contributed by atoms with Crippen molar-refractivity contribution in [1.82, 2.24) is 20.1 Å². The normalized spacial score (nSPS) is 10.9. The molecule has 0 saturated heterocycles. The third-order valence-corrected chi connectivity index (χ3v) is 3.34. The molecule has 0 saturated carbocycles. The third kappa shape index (κ3) is 2.44. The lowest BCUT2D eigenvalue weighted by molar-refractivity contribution is 0.422. The van der Waals surface area contributed by atoms with Gasteiger partial charge >= 0.3 is 0 Å². The van der Waals surface area contributed by atoms with Crippen LogP contribution in [-0.2, 0) is 6.42 Å². The van der Waals surface area contributed by atoms with Crippen LogP contribution in [0.5, 0.6) is 0 Å². The zero-order chi connectivity index (χ0) is 14.8. The number of rotatable bonds is 3. The molecule has 22 heavy (non-hydrogen) atoms. The lowest BCUT2D eigenvalue weighted by atomic mass is 10.1. The van der Waals surface area contributed by atoms with Crippen molar-refractivity contribution in [3.63, 3.8) is 0 Å². The highest BCUT2D eigenvalue weighted by atomic mass is 16.5. The van der Waals surface area contributed by atoms with Gasteiger partial charge in [0, 0.05) is 6.42 Å². The predicted octanol–water partition coefficient (Wildman–Crippen LogP) is 3.27. The summed E-state index contributed by atoms with van der Waals surface area (Å²) in [4.78, 5) is 13.3. The van der Waals surface area contributed by atoms with Gasteiger partial charge in [0.1, 0.15) is 5.69 Å². The summed E-state index contributed by atoms with van der Waals surface area (Å²) in [7, 11) is 0. The summed E-state index contributed by atoms with van der Waals surface area (Å²) in [5, 5.41) is 4.01. The van der Waals surface area contributed by atoms with Crippen LogP contribution in [0.15, 0.2) is 65.3 Å². The van der Waals surface area contributed by atoms with Crippen molar-refractivity contribution in [2.45, 2.75) is 6.42 Å². The van der Waals surface area contributed by atoms with Gasteiger partial charge in [0.2, 0.25) is 0 Å². The summed E-state index contributed by atoms with van der Waals surface area (Å²) in [6.07, 6.45) is 2.29. The van der Waals surface area contributed by atoms with Gasteiger partial charge in [-0.3, -0.25) is 4.98 Å². The van der Waals surface area contributed by atoms with E-state index >= 15 is 0 Å². The van der Waals surface area contributed by atoms with Crippen molar-refractivity contribution in [2.24, 2.45) is 0 Å². The number of hydrogen-bond donors (Lipinski definition) is 0. The molecule has 0 aliphatic rings. The van der Waals surface area contributed by atoms with Gasteiger partial charge in [-0.2, -0.15) is 4.98 Å². The Kier molecular flexibility index (Phi) is 3.08. The number of benzene rings is 2. The maximum absolute atomic E-state index is 5.31. The van der Waals surface area contributed by atoms with Gasteiger partial charge in [-0.1, -0.05) is 47.6 Å². The Labute approximate surface area is 126 Å². The molecular weight excluding hydrogens is 276 g/mol. The monoisotopic (exact) mass is 288 g/mol. The summed E-state index contributed by atoms with van der Waals surface area (Å²) < 4.78 is 5.31. The SMILES string of the molecule is c1ccc(Cc2noc(-c3cnc4ccccc4n3)n2)cc1. The van der Waals surface area contributed by atoms with Crippen LogP contribution in [0.1, 0.15) is 11.4 Å². The predicted molar refractivity (Wildman–Crippen MR) is 82.1 cm³/mol. The number of para-hydroxylation sites is 2. The van der Waals surface area contributed by atoms with E-state index in [4.69, 9.17) is 4.52 Å². The standard InChI is InChI=1S/C17H12N4O/c1-2-6-12(7-3-1)10-16-20-17(22-21-16)15-11-18-13-8-4-5-9-14(13)19-15/h1-9,11H,10H2. The molecule has 0 bridgehead atoms. The maximum atomic E-state index is 5.31. The quantitative estimate of drug-likeness (QED) is 0.579. The summed E-state index contributed by atoms with van der Waals surface area (Å²) in [6.45, 7) is 0. The molecule has 5 heteroatoms. The van der Waals surface area contributed by atoms with Crippen LogP contribution in [0.25, 0.3) is 22.6 Å². The molecule has 4 aromatic rings. The van der Waals surface area contributed by atoms with Crippen LogP contribution >= 0.6 is 0 Å². The molecule has 5 nitrogen and oxygen atoms in total. The van der Waals surface area contributed by atoms with Crippen molar-refractivity contribution in [1.29, 1.82) is 0 Å². The average molecular weight is 288 g/mol. The van der Waals surface area contributed by atoms with Crippen molar-refractivity contribution in [3.05, 3.63) is 72.2 Å². The van der Waals surface area contributed by atoms with Crippen LogP contribution in [0.4, 0.5) is 0 Å². The highest BCUT2D eigenvalue weighted by Gasteiger charge is 2.11. The van der Waals surface area contributed by atoms with Crippen LogP contribution in [0, 0.1) is 0 Å². The molecule has 0 aliphatic heterocycles. The van der Waals surface area contributed by atoms with Gasteiger partial charge < -0.3 is 4.52 Å². The number of hydrogen-bond acceptors (Lipinski definition) is 5. The summed E-state index contributed by atoms with van der Waals surface area (Å²) in [5.41, 5.74) is 3.38. The smallest absolute Gasteiger partial charge is 0.278 e. The maximum Gasteiger partial charge on any atom is 0.278 e. The first-order valence-corrected chi connectivity index (χ1v) is 6.97. The fourth-order valence-corrected chi connectivity index (χ4v) is 2.27. The molecule has 4 rings (SSSR count). The van der Waals surface area contributed by atoms with Crippen LogP contribution in [0.3, 0.4) is 0 Å². The summed E-state index contributed by atoms with van der Waals surface area (Å²) >= 11 is 0. The fourth-order valence-electron chi connectivity index (χ4n) is 2.27. The highest BCUT2D eigenvalue weighted by Crippen LogP contribution is 2.18. The van der Waals surface area contributed by atoms with Crippen molar-refractivity contribution < 1.29 is 4.52 Å². The van der Waals surface area contributed by atoms with Crippen LogP contribution in [0.2, 0.25) is 0 Å². The molecule has 2 heterocycles. The largest absolute Gasteiger partial charge is 0.332 e. The van der Waals surface area contributed by atoms with Crippen molar-refractivity contribution in [3.8, 4) is 11.6 Å². The Bertz CT molecular complexity index is 918. The molecule has 2 aromatic carbocycles. The van der Waals surface area contributed by atoms with E-state index in [9.17, 15) is 0 Å². The van der Waals surface area contributed by atoms with E-state index in [0.29, 0.717) is 23.8 Å².